The molecule has 3 rings (SSSR count). The fourth-order valence-corrected chi connectivity index (χ4v) is 4.08. The van der Waals surface area contributed by atoms with Crippen molar-refractivity contribution in [1.82, 2.24) is 4.90 Å². The zero-order valence-corrected chi connectivity index (χ0v) is 12.1. The van der Waals surface area contributed by atoms with Crippen molar-refractivity contribution in [2.24, 2.45) is 11.7 Å². The maximum absolute atomic E-state index is 6.19. The molecule has 1 aromatic rings. The molecule has 1 fully saturated rings. The van der Waals surface area contributed by atoms with E-state index >= 15 is 0 Å². The van der Waals surface area contributed by atoms with E-state index in [1.807, 2.05) is 0 Å². The third-order valence-corrected chi connectivity index (χ3v) is 5.24. The van der Waals surface area contributed by atoms with Gasteiger partial charge in [0, 0.05) is 18.6 Å². The van der Waals surface area contributed by atoms with E-state index in [9.17, 15) is 0 Å². The molecular weight excluding hydrogens is 232 g/mol. The van der Waals surface area contributed by atoms with Crippen LogP contribution in [0, 0.1) is 5.92 Å². The maximum Gasteiger partial charge on any atom is 0.0337 e. The number of hydrogen-bond donors (Lipinski definition) is 1. The van der Waals surface area contributed by atoms with Crippen LogP contribution >= 0.6 is 0 Å². The van der Waals surface area contributed by atoms with Crippen molar-refractivity contribution >= 4 is 0 Å². The summed E-state index contributed by atoms with van der Waals surface area (Å²) in [6, 6.07) is 8.95. The monoisotopic (exact) mass is 258 g/mol. The molecule has 2 atom stereocenters. The SMILES string of the molecule is CC1CCC(CN)(N2CCCc3ccccc3C2)C1. The van der Waals surface area contributed by atoms with E-state index in [1.54, 1.807) is 5.56 Å². The number of fused-ring (bicyclic) bond motifs is 1. The van der Waals surface area contributed by atoms with Gasteiger partial charge in [0.25, 0.3) is 0 Å². The van der Waals surface area contributed by atoms with E-state index < -0.39 is 0 Å². The number of benzene rings is 1. The van der Waals surface area contributed by atoms with Gasteiger partial charge in [-0.2, -0.15) is 0 Å². The van der Waals surface area contributed by atoms with Gasteiger partial charge in [0.2, 0.25) is 0 Å². The van der Waals surface area contributed by atoms with Crippen molar-refractivity contribution in [3.05, 3.63) is 35.4 Å². The number of nitrogens with zero attached hydrogens (tertiary/aromatic N) is 1. The van der Waals surface area contributed by atoms with E-state index in [0.29, 0.717) is 0 Å². The lowest BCUT2D eigenvalue weighted by Crippen LogP contribution is -2.51. The number of rotatable bonds is 2. The Labute approximate surface area is 117 Å². The average Bonchev–Trinajstić information content (AvgIpc) is 2.69. The number of aryl methyl sites for hydroxylation is 1. The Morgan fingerprint density at radius 1 is 1.32 bits per heavy atom. The second-order valence-corrected chi connectivity index (χ2v) is 6.57. The zero-order valence-electron chi connectivity index (χ0n) is 12.1. The fraction of sp³-hybridized carbons (Fsp3) is 0.647. The van der Waals surface area contributed by atoms with Gasteiger partial charge in [-0.05, 0) is 55.7 Å². The predicted octanol–water partition coefficient (Wildman–Crippen LogP) is 2.95. The number of nitrogens with two attached hydrogens (primary N) is 1. The first-order valence-electron chi connectivity index (χ1n) is 7.75. The van der Waals surface area contributed by atoms with Crippen molar-refractivity contribution in [2.75, 3.05) is 13.1 Å². The van der Waals surface area contributed by atoms with Crippen LogP contribution in [0.2, 0.25) is 0 Å². The molecule has 0 bridgehead atoms. The van der Waals surface area contributed by atoms with Crippen molar-refractivity contribution in [1.29, 1.82) is 0 Å². The van der Waals surface area contributed by atoms with Gasteiger partial charge in [-0.1, -0.05) is 31.2 Å². The molecule has 0 saturated heterocycles. The molecule has 104 valence electrons. The molecule has 2 aliphatic rings. The molecule has 2 nitrogen and oxygen atoms in total. The normalized spacial score (nSPS) is 32.0. The van der Waals surface area contributed by atoms with Crippen LogP contribution in [-0.2, 0) is 13.0 Å². The molecular formula is C17H26N2. The Kier molecular flexibility index (Phi) is 3.64. The van der Waals surface area contributed by atoms with E-state index in [2.05, 4.69) is 36.1 Å². The van der Waals surface area contributed by atoms with Gasteiger partial charge in [0.15, 0.2) is 0 Å². The van der Waals surface area contributed by atoms with Gasteiger partial charge in [-0.25, -0.2) is 0 Å². The van der Waals surface area contributed by atoms with Crippen molar-refractivity contribution < 1.29 is 0 Å². The van der Waals surface area contributed by atoms with Crippen LogP contribution in [0.1, 0.15) is 43.7 Å². The molecule has 1 aromatic carbocycles. The quantitative estimate of drug-likeness (QED) is 0.883. The Balaban J connectivity index is 1.85. The van der Waals surface area contributed by atoms with Gasteiger partial charge in [0.1, 0.15) is 0 Å². The maximum atomic E-state index is 6.19. The van der Waals surface area contributed by atoms with Crippen LogP contribution in [0.15, 0.2) is 24.3 Å². The summed E-state index contributed by atoms with van der Waals surface area (Å²) < 4.78 is 0. The van der Waals surface area contributed by atoms with Crippen LogP contribution in [-0.4, -0.2) is 23.5 Å². The van der Waals surface area contributed by atoms with E-state index in [0.717, 1.165) is 19.0 Å². The van der Waals surface area contributed by atoms with E-state index in [-0.39, 0.29) is 5.54 Å². The molecule has 2 unspecified atom stereocenters. The van der Waals surface area contributed by atoms with Crippen molar-refractivity contribution in [3.63, 3.8) is 0 Å². The minimum absolute atomic E-state index is 0.275. The summed E-state index contributed by atoms with van der Waals surface area (Å²) in [7, 11) is 0. The van der Waals surface area contributed by atoms with Gasteiger partial charge < -0.3 is 5.73 Å². The van der Waals surface area contributed by atoms with Crippen molar-refractivity contribution in [2.45, 2.75) is 51.1 Å². The Bertz CT molecular complexity index is 443. The topological polar surface area (TPSA) is 29.3 Å². The summed E-state index contributed by atoms with van der Waals surface area (Å²) in [5, 5.41) is 0. The van der Waals surface area contributed by atoms with Gasteiger partial charge >= 0.3 is 0 Å². The predicted molar refractivity (Wildman–Crippen MR) is 80.0 cm³/mol. The Morgan fingerprint density at radius 3 is 2.79 bits per heavy atom. The summed E-state index contributed by atoms with van der Waals surface area (Å²) in [4.78, 5) is 2.70. The van der Waals surface area contributed by atoms with E-state index in [1.165, 1.54) is 44.2 Å². The van der Waals surface area contributed by atoms with E-state index in [4.69, 9.17) is 5.73 Å². The molecule has 0 radical (unpaired) electrons. The molecule has 2 N–H and O–H groups in total. The van der Waals surface area contributed by atoms with Crippen LogP contribution in [0.3, 0.4) is 0 Å². The Hall–Kier alpha value is -0.860. The van der Waals surface area contributed by atoms with Gasteiger partial charge in [0.05, 0.1) is 0 Å². The molecule has 1 saturated carbocycles. The smallest absolute Gasteiger partial charge is 0.0337 e. The van der Waals surface area contributed by atoms with Crippen LogP contribution in [0.25, 0.3) is 0 Å². The summed E-state index contributed by atoms with van der Waals surface area (Å²) in [5.74, 6) is 0.835. The molecule has 2 heteroatoms. The highest BCUT2D eigenvalue weighted by molar-refractivity contribution is 5.28. The largest absolute Gasteiger partial charge is 0.329 e. The molecule has 1 aliphatic carbocycles. The third-order valence-electron chi connectivity index (χ3n) is 5.24. The second kappa shape index (κ2) is 5.26. The lowest BCUT2D eigenvalue weighted by atomic mass is 9.93. The first kappa shape index (κ1) is 13.1. The first-order chi connectivity index (χ1) is 9.23. The Morgan fingerprint density at radius 2 is 2.11 bits per heavy atom. The summed E-state index contributed by atoms with van der Waals surface area (Å²) in [5.41, 5.74) is 9.53. The molecule has 19 heavy (non-hydrogen) atoms. The highest BCUT2D eigenvalue weighted by Gasteiger charge is 2.41. The highest BCUT2D eigenvalue weighted by atomic mass is 15.2. The van der Waals surface area contributed by atoms with Crippen LogP contribution in [0.5, 0.6) is 0 Å². The lowest BCUT2D eigenvalue weighted by Gasteiger charge is -2.40. The molecule has 0 aromatic heterocycles. The number of hydrogen-bond acceptors (Lipinski definition) is 2. The summed E-state index contributed by atoms with van der Waals surface area (Å²) in [6.45, 7) is 5.50. The lowest BCUT2D eigenvalue weighted by molar-refractivity contribution is 0.0889. The second-order valence-electron chi connectivity index (χ2n) is 6.57. The van der Waals surface area contributed by atoms with Crippen LogP contribution in [0.4, 0.5) is 0 Å². The minimum atomic E-state index is 0.275. The zero-order chi connectivity index (χ0) is 13.3. The summed E-state index contributed by atoms with van der Waals surface area (Å²) in [6.07, 6.45) is 6.41. The van der Waals surface area contributed by atoms with Gasteiger partial charge in [-0.3, -0.25) is 4.90 Å². The molecule has 0 spiro atoms. The third kappa shape index (κ3) is 2.44. The highest BCUT2D eigenvalue weighted by Crippen LogP contribution is 2.40. The minimum Gasteiger partial charge on any atom is -0.329 e. The van der Waals surface area contributed by atoms with Crippen LogP contribution < -0.4 is 5.73 Å². The first-order valence-corrected chi connectivity index (χ1v) is 7.75. The summed E-state index contributed by atoms with van der Waals surface area (Å²) >= 11 is 0. The average molecular weight is 258 g/mol. The van der Waals surface area contributed by atoms with Gasteiger partial charge in [-0.15, -0.1) is 0 Å². The van der Waals surface area contributed by atoms with Crippen molar-refractivity contribution in [3.8, 4) is 0 Å². The standard InChI is InChI=1S/C17H26N2/c1-14-8-9-17(11-14,13-18)19-10-4-7-15-5-2-3-6-16(15)12-19/h2-3,5-6,14H,4,7-13,18H2,1H3. The molecule has 1 aliphatic heterocycles. The fourth-order valence-electron chi connectivity index (χ4n) is 4.08. The molecule has 0 amide bonds. The molecule has 1 heterocycles.